The summed E-state index contributed by atoms with van der Waals surface area (Å²) in [5, 5.41) is 17.0. The van der Waals surface area contributed by atoms with E-state index in [0.29, 0.717) is 17.7 Å². The van der Waals surface area contributed by atoms with Gasteiger partial charge in [-0.15, -0.1) is 0 Å². The highest BCUT2D eigenvalue weighted by atomic mass is 35.5. The third-order valence-corrected chi connectivity index (χ3v) is 3.70. The second-order valence-electron chi connectivity index (χ2n) is 5.15. The van der Waals surface area contributed by atoms with Crippen LogP contribution in [0.2, 0.25) is 5.15 Å². The molecule has 0 radical (unpaired) electrons. The Bertz CT molecular complexity index is 640. The molecule has 0 saturated carbocycles. The first-order chi connectivity index (χ1) is 10.5. The van der Waals surface area contributed by atoms with Crippen LogP contribution in [0, 0.1) is 6.92 Å². The molecule has 5 nitrogen and oxygen atoms in total. The molecule has 2 rings (SSSR count). The van der Waals surface area contributed by atoms with Crippen molar-refractivity contribution in [2.24, 2.45) is 0 Å². The average Bonchev–Trinajstić information content (AvgIpc) is 2.81. The molecule has 1 unspecified atom stereocenters. The molecule has 2 aromatic rings. The number of nitrogens with one attached hydrogen (secondary N) is 1. The highest BCUT2D eigenvalue weighted by Gasteiger charge is 2.21. The zero-order valence-corrected chi connectivity index (χ0v) is 13.5. The van der Waals surface area contributed by atoms with Crippen LogP contribution >= 0.6 is 11.6 Å². The molecule has 2 N–H and O–H groups in total. The predicted molar refractivity (Wildman–Crippen MR) is 86.6 cm³/mol. The highest BCUT2D eigenvalue weighted by molar-refractivity contribution is 6.33. The average molecular weight is 322 g/mol. The van der Waals surface area contributed by atoms with Gasteiger partial charge in [-0.3, -0.25) is 4.79 Å². The Kier molecular flexibility index (Phi) is 5.57. The van der Waals surface area contributed by atoms with Crippen molar-refractivity contribution in [1.29, 1.82) is 0 Å². The first kappa shape index (κ1) is 16.5. The number of aliphatic hydroxyl groups is 1. The Balaban J connectivity index is 2.18. The quantitative estimate of drug-likeness (QED) is 0.859. The number of benzene rings is 1. The molecular weight excluding hydrogens is 302 g/mol. The van der Waals surface area contributed by atoms with E-state index in [9.17, 15) is 9.90 Å². The Labute approximate surface area is 134 Å². The topological polar surface area (TPSA) is 67.2 Å². The van der Waals surface area contributed by atoms with E-state index in [2.05, 4.69) is 10.4 Å². The Hall–Kier alpha value is -1.85. The molecular formula is C16H20ClN3O2. The summed E-state index contributed by atoms with van der Waals surface area (Å²) >= 11 is 6.31. The number of aryl methyl sites for hydroxylation is 1. The maximum absolute atomic E-state index is 12.3. The molecule has 0 spiro atoms. The number of aliphatic hydroxyl groups excluding tert-OH is 1. The van der Waals surface area contributed by atoms with Gasteiger partial charge in [0, 0.05) is 6.54 Å². The number of halogens is 1. The fourth-order valence-electron chi connectivity index (χ4n) is 2.23. The largest absolute Gasteiger partial charge is 0.391 e. The van der Waals surface area contributed by atoms with E-state index in [0.717, 1.165) is 12.1 Å². The van der Waals surface area contributed by atoms with Gasteiger partial charge in [-0.2, -0.15) is 5.10 Å². The number of para-hydroxylation sites is 1. The minimum Gasteiger partial charge on any atom is -0.391 e. The van der Waals surface area contributed by atoms with E-state index >= 15 is 0 Å². The van der Waals surface area contributed by atoms with Gasteiger partial charge in [-0.1, -0.05) is 43.1 Å². The van der Waals surface area contributed by atoms with E-state index in [1.54, 1.807) is 6.92 Å². The highest BCUT2D eigenvalue weighted by Crippen LogP contribution is 2.23. The van der Waals surface area contributed by atoms with Gasteiger partial charge in [0.2, 0.25) is 0 Å². The molecule has 0 aliphatic heterocycles. The van der Waals surface area contributed by atoms with Crippen molar-refractivity contribution in [2.45, 2.75) is 32.8 Å². The lowest BCUT2D eigenvalue weighted by Crippen LogP contribution is -2.32. The molecule has 0 bridgehead atoms. The van der Waals surface area contributed by atoms with Gasteiger partial charge in [0.25, 0.3) is 5.91 Å². The normalized spacial score (nSPS) is 12.2. The number of amides is 1. The second kappa shape index (κ2) is 7.42. The Morgan fingerprint density at radius 1 is 1.41 bits per heavy atom. The molecule has 0 saturated heterocycles. The minimum absolute atomic E-state index is 0.207. The first-order valence-electron chi connectivity index (χ1n) is 7.31. The molecule has 22 heavy (non-hydrogen) atoms. The van der Waals surface area contributed by atoms with Gasteiger partial charge in [-0.05, 0) is 25.5 Å². The smallest absolute Gasteiger partial charge is 0.256 e. The SMILES string of the molecule is CCCC(O)CNC(=O)c1c(C)nn(-c2ccccc2)c1Cl. The molecule has 6 heteroatoms. The van der Waals surface area contributed by atoms with Crippen molar-refractivity contribution in [3.63, 3.8) is 0 Å². The van der Waals surface area contributed by atoms with Gasteiger partial charge in [0.15, 0.2) is 0 Å². The lowest BCUT2D eigenvalue weighted by molar-refractivity contribution is 0.0909. The van der Waals surface area contributed by atoms with E-state index in [-0.39, 0.29) is 17.6 Å². The minimum atomic E-state index is -0.544. The summed E-state index contributed by atoms with van der Waals surface area (Å²) in [5.41, 5.74) is 1.69. The number of carbonyl (C=O) groups is 1. The number of hydrogen-bond donors (Lipinski definition) is 2. The molecule has 118 valence electrons. The van der Waals surface area contributed by atoms with Crippen molar-refractivity contribution in [3.05, 3.63) is 46.7 Å². The second-order valence-corrected chi connectivity index (χ2v) is 5.51. The fourth-order valence-corrected chi connectivity index (χ4v) is 2.59. The van der Waals surface area contributed by atoms with Crippen LogP contribution in [0.25, 0.3) is 5.69 Å². The first-order valence-corrected chi connectivity index (χ1v) is 7.69. The summed E-state index contributed by atoms with van der Waals surface area (Å²) in [6.07, 6.45) is 0.969. The van der Waals surface area contributed by atoms with Crippen LogP contribution < -0.4 is 5.32 Å². The maximum atomic E-state index is 12.3. The van der Waals surface area contributed by atoms with Crippen molar-refractivity contribution < 1.29 is 9.90 Å². The molecule has 1 amide bonds. The predicted octanol–water partition coefficient (Wildman–Crippen LogP) is 2.72. The van der Waals surface area contributed by atoms with Crippen LogP contribution in [-0.4, -0.2) is 33.4 Å². The number of hydrogen-bond acceptors (Lipinski definition) is 3. The maximum Gasteiger partial charge on any atom is 0.256 e. The molecule has 0 aliphatic carbocycles. The number of aromatic nitrogens is 2. The van der Waals surface area contributed by atoms with Crippen LogP contribution in [0.1, 0.15) is 35.8 Å². The number of nitrogens with zero attached hydrogens (tertiary/aromatic N) is 2. The van der Waals surface area contributed by atoms with Gasteiger partial charge < -0.3 is 10.4 Å². The van der Waals surface area contributed by atoms with E-state index in [1.807, 2.05) is 37.3 Å². The third kappa shape index (κ3) is 3.67. The van der Waals surface area contributed by atoms with Crippen molar-refractivity contribution in [1.82, 2.24) is 15.1 Å². The summed E-state index contributed by atoms with van der Waals surface area (Å²) in [5.74, 6) is -0.320. The molecule has 1 heterocycles. The Morgan fingerprint density at radius 2 is 2.09 bits per heavy atom. The van der Waals surface area contributed by atoms with Crippen LogP contribution in [0.5, 0.6) is 0 Å². The summed E-state index contributed by atoms with van der Waals surface area (Å²) in [6.45, 7) is 3.93. The standard InChI is InChI=1S/C16H20ClN3O2/c1-3-7-13(21)10-18-16(22)14-11(2)19-20(15(14)17)12-8-5-4-6-9-12/h4-6,8-9,13,21H,3,7,10H2,1-2H3,(H,18,22). The van der Waals surface area contributed by atoms with Crippen molar-refractivity contribution in [3.8, 4) is 5.69 Å². The fraction of sp³-hybridized carbons (Fsp3) is 0.375. The molecule has 0 fully saturated rings. The van der Waals surface area contributed by atoms with Crippen LogP contribution in [0.3, 0.4) is 0 Å². The molecule has 1 aromatic carbocycles. The lowest BCUT2D eigenvalue weighted by atomic mass is 10.2. The lowest BCUT2D eigenvalue weighted by Gasteiger charge is -2.10. The van der Waals surface area contributed by atoms with Gasteiger partial charge in [0.05, 0.1) is 23.0 Å². The molecule has 1 atom stereocenters. The van der Waals surface area contributed by atoms with Gasteiger partial charge in [-0.25, -0.2) is 4.68 Å². The van der Waals surface area contributed by atoms with Crippen LogP contribution in [0.4, 0.5) is 0 Å². The zero-order chi connectivity index (χ0) is 16.1. The van der Waals surface area contributed by atoms with E-state index in [1.165, 1.54) is 4.68 Å². The van der Waals surface area contributed by atoms with E-state index in [4.69, 9.17) is 11.6 Å². The summed E-state index contributed by atoms with van der Waals surface area (Å²) in [6, 6.07) is 9.39. The summed E-state index contributed by atoms with van der Waals surface area (Å²) in [4.78, 5) is 12.3. The Morgan fingerprint density at radius 3 is 2.73 bits per heavy atom. The monoisotopic (exact) mass is 321 g/mol. The zero-order valence-electron chi connectivity index (χ0n) is 12.7. The molecule has 1 aromatic heterocycles. The van der Waals surface area contributed by atoms with Crippen molar-refractivity contribution in [2.75, 3.05) is 6.54 Å². The third-order valence-electron chi connectivity index (χ3n) is 3.35. The van der Waals surface area contributed by atoms with Crippen LogP contribution in [0.15, 0.2) is 30.3 Å². The summed E-state index contributed by atoms with van der Waals surface area (Å²) < 4.78 is 1.54. The number of carbonyl (C=O) groups excluding carboxylic acids is 1. The van der Waals surface area contributed by atoms with Crippen LogP contribution in [-0.2, 0) is 0 Å². The summed E-state index contributed by atoms with van der Waals surface area (Å²) in [7, 11) is 0. The molecule has 0 aliphatic rings. The number of rotatable bonds is 6. The van der Waals surface area contributed by atoms with E-state index < -0.39 is 6.10 Å². The van der Waals surface area contributed by atoms with Gasteiger partial charge in [0.1, 0.15) is 5.15 Å². The van der Waals surface area contributed by atoms with Crippen molar-refractivity contribution >= 4 is 17.5 Å². The van der Waals surface area contributed by atoms with Gasteiger partial charge >= 0.3 is 0 Å².